The molecule has 1 aliphatic rings. The monoisotopic (exact) mass is 449 g/mol. The molecule has 2 aromatic rings. The predicted molar refractivity (Wildman–Crippen MR) is 120 cm³/mol. The Kier molecular flexibility index (Phi) is 7.52. The van der Waals surface area contributed by atoms with Crippen molar-refractivity contribution in [1.29, 1.82) is 0 Å². The summed E-state index contributed by atoms with van der Waals surface area (Å²) < 4.78 is 27.4. The number of nitrogens with zero attached hydrogens (tertiary/aromatic N) is 2. The lowest BCUT2D eigenvalue weighted by Gasteiger charge is -2.26. The van der Waals surface area contributed by atoms with Crippen LogP contribution >= 0.6 is 11.6 Å². The maximum Gasteiger partial charge on any atom is 0.243 e. The molecule has 0 spiro atoms. The van der Waals surface area contributed by atoms with Crippen molar-refractivity contribution in [2.45, 2.75) is 43.7 Å². The molecule has 6 nitrogen and oxygen atoms in total. The van der Waals surface area contributed by atoms with Crippen molar-refractivity contribution in [3.8, 4) is 0 Å². The highest BCUT2D eigenvalue weighted by Gasteiger charge is 2.27. The maximum absolute atomic E-state index is 12.9. The van der Waals surface area contributed by atoms with Crippen molar-refractivity contribution in [2.75, 3.05) is 25.5 Å². The summed E-state index contributed by atoms with van der Waals surface area (Å²) in [4.78, 5) is 14.9. The molecular weight excluding hydrogens is 422 g/mol. The summed E-state index contributed by atoms with van der Waals surface area (Å²) in [7, 11) is -1.73. The molecule has 1 fully saturated rings. The Hall–Kier alpha value is -1.93. The van der Waals surface area contributed by atoms with Crippen LogP contribution < -0.4 is 5.32 Å². The van der Waals surface area contributed by atoms with Crippen LogP contribution in [0.3, 0.4) is 0 Å². The highest BCUT2D eigenvalue weighted by molar-refractivity contribution is 7.89. The minimum atomic E-state index is -3.60. The number of piperidine rings is 1. The molecule has 3 rings (SSSR count). The largest absolute Gasteiger partial charge is 0.323 e. The number of hydrogen-bond donors (Lipinski definition) is 1. The van der Waals surface area contributed by atoms with Gasteiger partial charge in [0.05, 0.1) is 21.6 Å². The van der Waals surface area contributed by atoms with Crippen molar-refractivity contribution in [3.63, 3.8) is 0 Å². The third kappa shape index (κ3) is 5.40. The number of halogens is 1. The van der Waals surface area contributed by atoms with Crippen LogP contribution in [-0.2, 0) is 21.4 Å². The van der Waals surface area contributed by atoms with Crippen LogP contribution in [0.15, 0.2) is 53.4 Å². The van der Waals surface area contributed by atoms with Crippen molar-refractivity contribution in [2.24, 2.45) is 0 Å². The Bertz CT molecular complexity index is 976. The Labute approximate surface area is 183 Å². The lowest BCUT2D eigenvalue weighted by atomic mass is 10.2. The molecule has 1 saturated heterocycles. The van der Waals surface area contributed by atoms with Gasteiger partial charge in [-0.15, -0.1) is 0 Å². The molecule has 0 aliphatic carbocycles. The van der Waals surface area contributed by atoms with E-state index in [9.17, 15) is 13.2 Å². The molecule has 1 atom stereocenters. The predicted octanol–water partition coefficient (Wildman–Crippen LogP) is 3.97. The van der Waals surface area contributed by atoms with E-state index in [0.29, 0.717) is 30.3 Å². The van der Waals surface area contributed by atoms with Gasteiger partial charge in [-0.05, 0) is 50.6 Å². The molecule has 0 aromatic heterocycles. The topological polar surface area (TPSA) is 69.7 Å². The molecule has 0 bridgehead atoms. The fourth-order valence-corrected chi connectivity index (χ4v) is 5.17. The van der Waals surface area contributed by atoms with E-state index in [0.717, 1.165) is 24.8 Å². The average Bonchev–Trinajstić information content (AvgIpc) is 2.75. The number of carbonyl (C=O) groups excluding carboxylic acids is 1. The third-order valence-corrected chi connectivity index (χ3v) is 7.69. The standard InChI is InChI=1S/C22H28ClN3O3S/c1-17(25(2)16-18-9-5-3-6-10-18)22(27)24-21-15-19(11-12-20(21)23)30(28,29)26-13-7-4-8-14-26/h3,5-6,9-12,15,17H,4,7-8,13-14,16H2,1-2H3,(H,24,27). The van der Waals surface area contributed by atoms with Crippen LogP contribution in [0.2, 0.25) is 5.02 Å². The van der Waals surface area contributed by atoms with Gasteiger partial charge in [-0.25, -0.2) is 8.42 Å². The second kappa shape index (κ2) is 9.92. The second-order valence-electron chi connectivity index (χ2n) is 7.67. The normalized spacial score (nSPS) is 16.4. The molecule has 0 saturated carbocycles. The first-order valence-corrected chi connectivity index (χ1v) is 12.0. The number of carbonyl (C=O) groups is 1. The van der Waals surface area contributed by atoms with Crippen molar-refractivity contribution in [3.05, 3.63) is 59.1 Å². The maximum atomic E-state index is 12.9. The Morgan fingerprint density at radius 2 is 1.80 bits per heavy atom. The minimum absolute atomic E-state index is 0.148. The molecule has 1 aliphatic heterocycles. The Morgan fingerprint density at radius 1 is 1.13 bits per heavy atom. The fourth-order valence-electron chi connectivity index (χ4n) is 3.46. The molecule has 1 N–H and O–H groups in total. The number of rotatable bonds is 7. The minimum Gasteiger partial charge on any atom is -0.323 e. The molecular formula is C22H28ClN3O3S. The summed E-state index contributed by atoms with van der Waals surface area (Å²) in [6, 6.07) is 13.9. The van der Waals surface area contributed by atoms with E-state index >= 15 is 0 Å². The van der Waals surface area contributed by atoms with Gasteiger partial charge in [0.25, 0.3) is 0 Å². The zero-order chi connectivity index (χ0) is 21.7. The quantitative estimate of drug-likeness (QED) is 0.694. The van der Waals surface area contributed by atoms with E-state index < -0.39 is 16.1 Å². The lowest BCUT2D eigenvalue weighted by Crippen LogP contribution is -2.39. The molecule has 1 unspecified atom stereocenters. The fraction of sp³-hybridized carbons (Fsp3) is 0.409. The number of hydrogen-bond acceptors (Lipinski definition) is 4. The van der Waals surface area contributed by atoms with Gasteiger partial charge in [-0.2, -0.15) is 4.31 Å². The summed E-state index contributed by atoms with van der Waals surface area (Å²) >= 11 is 6.25. The Balaban J connectivity index is 1.72. The molecule has 1 heterocycles. The van der Waals surface area contributed by atoms with E-state index in [1.165, 1.54) is 22.5 Å². The van der Waals surface area contributed by atoms with Gasteiger partial charge in [0, 0.05) is 19.6 Å². The molecule has 2 aromatic carbocycles. The Morgan fingerprint density at radius 3 is 2.47 bits per heavy atom. The van der Waals surface area contributed by atoms with E-state index in [4.69, 9.17) is 11.6 Å². The first-order valence-electron chi connectivity index (χ1n) is 10.1. The van der Waals surface area contributed by atoms with Gasteiger partial charge in [0.2, 0.25) is 15.9 Å². The summed E-state index contributed by atoms with van der Waals surface area (Å²) in [6.45, 7) is 3.47. The van der Waals surface area contributed by atoms with Gasteiger partial charge < -0.3 is 5.32 Å². The number of amides is 1. The van der Waals surface area contributed by atoms with Crippen LogP contribution in [0.25, 0.3) is 0 Å². The lowest BCUT2D eigenvalue weighted by molar-refractivity contribution is -0.120. The van der Waals surface area contributed by atoms with Gasteiger partial charge in [-0.1, -0.05) is 48.4 Å². The first-order chi connectivity index (χ1) is 14.3. The summed E-state index contributed by atoms with van der Waals surface area (Å²) in [5, 5.41) is 3.10. The number of anilines is 1. The first kappa shape index (κ1) is 22.7. The van der Waals surface area contributed by atoms with Gasteiger partial charge >= 0.3 is 0 Å². The van der Waals surface area contributed by atoms with E-state index in [2.05, 4.69) is 5.32 Å². The van der Waals surface area contributed by atoms with Crippen LogP contribution in [0.4, 0.5) is 5.69 Å². The number of benzene rings is 2. The van der Waals surface area contributed by atoms with E-state index in [1.807, 2.05) is 42.3 Å². The van der Waals surface area contributed by atoms with E-state index in [1.54, 1.807) is 6.92 Å². The summed E-state index contributed by atoms with van der Waals surface area (Å²) in [6.07, 6.45) is 2.77. The SMILES string of the molecule is CC(C(=O)Nc1cc(S(=O)(=O)N2CCCCC2)ccc1Cl)N(C)Cc1ccccc1. The summed E-state index contributed by atoms with van der Waals surface area (Å²) in [5.74, 6) is -0.247. The smallest absolute Gasteiger partial charge is 0.243 e. The highest BCUT2D eigenvalue weighted by atomic mass is 35.5. The molecule has 8 heteroatoms. The number of nitrogens with one attached hydrogen (secondary N) is 1. The van der Waals surface area contributed by atoms with E-state index in [-0.39, 0.29) is 10.8 Å². The van der Waals surface area contributed by atoms with Gasteiger partial charge in [-0.3, -0.25) is 9.69 Å². The summed E-state index contributed by atoms with van der Waals surface area (Å²) in [5.41, 5.74) is 1.41. The van der Waals surface area contributed by atoms with Crippen LogP contribution in [0.1, 0.15) is 31.7 Å². The van der Waals surface area contributed by atoms with Gasteiger partial charge in [0.15, 0.2) is 0 Å². The van der Waals surface area contributed by atoms with Crippen LogP contribution in [0.5, 0.6) is 0 Å². The molecule has 30 heavy (non-hydrogen) atoms. The van der Waals surface area contributed by atoms with Crippen molar-refractivity contribution < 1.29 is 13.2 Å². The molecule has 162 valence electrons. The van der Waals surface area contributed by atoms with Crippen molar-refractivity contribution >= 4 is 33.2 Å². The average molecular weight is 450 g/mol. The number of likely N-dealkylation sites (N-methyl/N-ethyl adjacent to an activating group) is 1. The molecule has 0 radical (unpaired) electrons. The third-order valence-electron chi connectivity index (χ3n) is 5.46. The molecule has 1 amide bonds. The zero-order valence-electron chi connectivity index (χ0n) is 17.3. The van der Waals surface area contributed by atoms with Crippen LogP contribution in [-0.4, -0.2) is 49.7 Å². The van der Waals surface area contributed by atoms with Crippen LogP contribution in [0, 0.1) is 0 Å². The second-order valence-corrected chi connectivity index (χ2v) is 10.0. The highest BCUT2D eigenvalue weighted by Crippen LogP contribution is 2.28. The number of sulfonamides is 1. The zero-order valence-corrected chi connectivity index (χ0v) is 18.9. The van der Waals surface area contributed by atoms with Gasteiger partial charge in [0.1, 0.15) is 0 Å². The van der Waals surface area contributed by atoms with Crippen molar-refractivity contribution in [1.82, 2.24) is 9.21 Å².